The summed E-state index contributed by atoms with van der Waals surface area (Å²) in [7, 11) is -2.72. The quantitative estimate of drug-likeness (QED) is 0.308. The van der Waals surface area contributed by atoms with Gasteiger partial charge in [0.1, 0.15) is 34.6 Å². The first kappa shape index (κ1) is 42.8. The first-order chi connectivity index (χ1) is 27.5. The van der Waals surface area contributed by atoms with Crippen LogP contribution in [-0.4, -0.2) is 89.3 Å². The molecule has 2 aromatic rings. The van der Waals surface area contributed by atoms with E-state index >= 15 is 0 Å². The molecule has 0 bridgehead atoms. The van der Waals surface area contributed by atoms with Crippen LogP contribution in [0.25, 0.3) is 10.9 Å². The summed E-state index contributed by atoms with van der Waals surface area (Å²) < 4.78 is 89.1. The molecule has 2 aliphatic carbocycles. The van der Waals surface area contributed by atoms with E-state index in [-0.39, 0.29) is 65.9 Å². The number of rotatable bonds is 5. The molecule has 322 valence electrons. The molecule has 3 N–H and O–H groups in total. The first-order valence-corrected chi connectivity index (χ1v) is 21.7. The van der Waals surface area contributed by atoms with E-state index in [2.05, 4.69) is 20.3 Å². The summed E-state index contributed by atoms with van der Waals surface area (Å²) in [6.45, 7) is 6.14. The Morgan fingerprint density at radius 2 is 1.81 bits per heavy atom. The maximum Gasteiger partial charge on any atom is 0.437 e. The molecule has 3 aliphatic heterocycles. The predicted molar refractivity (Wildman–Crippen MR) is 209 cm³/mol. The van der Waals surface area contributed by atoms with Gasteiger partial charge in [-0.2, -0.15) is 13.2 Å². The number of aryl methyl sites for hydroxylation is 1. The second-order valence-corrected chi connectivity index (χ2v) is 20.3. The van der Waals surface area contributed by atoms with E-state index in [9.17, 15) is 40.8 Å². The van der Waals surface area contributed by atoms with Gasteiger partial charge in [-0.25, -0.2) is 18.2 Å². The van der Waals surface area contributed by atoms with Crippen molar-refractivity contribution in [1.29, 1.82) is 0 Å². The number of carbonyl (C=O) groups excluding carboxylic acids is 4. The monoisotopic (exact) mass is 867 g/mol. The number of allylic oxidation sites excluding steroid dienone is 1. The molecule has 0 radical (unpaired) electrons. The summed E-state index contributed by atoms with van der Waals surface area (Å²) in [6, 6.07) is 0.263. The van der Waals surface area contributed by atoms with Gasteiger partial charge in [-0.05, 0) is 85.1 Å². The topological polar surface area (TPSA) is 182 Å². The highest BCUT2D eigenvalue weighted by molar-refractivity contribution is 7.91. The van der Waals surface area contributed by atoms with Crippen LogP contribution in [0.2, 0.25) is 5.02 Å². The number of alkyl halides is 3. The van der Waals surface area contributed by atoms with Crippen molar-refractivity contribution < 1.29 is 55.0 Å². The van der Waals surface area contributed by atoms with Crippen molar-refractivity contribution in [3.63, 3.8) is 0 Å². The summed E-state index contributed by atoms with van der Waals surface area (Å²) in [5.41, 5.74) is -5.41. The van der Waals surface area contributed by atoms with Crippen LogP contribution in [0.3, 0.4) is 0 Å². The van der Waals surface area contributed by atoms with E-state index in [1.807, 2.05) is 6.08 Å². The lowest BCUT2D eigenvalue weighted by molar-refractivity contribution is -0.144. The van der Waals surface area contributed by atoms with Crippen molar-refractivity contribution in [2.24, 2.45) is 5.92 Å². The third-order valence-corrected chi connectivity index (χ3v) is 14.5. The third-order valence-electron chi connectivity index (χ3n) is 12.0. The molecule has 1 unspecified atom stereocenters. The number of hydrogen-bond donors (Lipinski definition) is 3. The minimum Gasteiger partial charge on any atom is -0.497 e. The van der Waals surface area contributed by atoms with Crippen molar-refractivity contribution in [2.75, 3.05) is 13.7 Å². The summed E-state index contributed by atoms with van der Waals surface area (Å²) in [6.07, 6.45) is 0.932. The maximum atomic E-state index is 14.8. The zero-order chi connectivity index (χ0) is 42.9. The second-order valence-electron chi connectivity index (χ2n) is 17.7. The van der Waals surface area contributed by atoms with E-state index in [4.69, 9.17) is 25.8 Å². The molecular formula is C40H49ClF3N5O9S. The number of carbonyl (C=O) groups is 4. The van der Waals surface area contributed by atoms with E-state index in [0.29, 0.717) is 38.5 Å². The molecule has 2 saturated carbocycles. The highest BCUT2D eigenvalue weighted by atomic mass is 35.5. The van der Waals surface area contributed by atoms with Crippen LogP contribution < -0.4 is 24.8 Å². The van der Waals surface area contributed by atoms with Crippen molar-refractivity contribution in [3.8, 4) is 11.5 Å². The fraction of sp³-hybridized carbons (Fsp3) is 0.625. The summed E-state index contributed by atoms with van der Waals surface area (Å²) in [5.74, 6) is -3.31. The lowest BCUT2D eigenvalue weighted by Crippen LogP contribution is -2.58. The molecule has 3 fully saturated rings. The average molecular weight is 868 g/mol. The first-order valence-electron chi connectivity index (χ1n) is 19.8. The van der Waals surface area contributed by atoms with Crippen LogP contribution >= 0.6 is 11.6 Å². The van der Waals surface area contributed by atoms with Gasteiger partial charge in [-0.3, -0.25) is 19.1 Å². The average Bonchev–Trinajstić information content (AvgIpc) is 4.03. The number of halogens is 4. The predicted octanol–water partition coefficient (Wildman–Crippen LogP) is 5.87. The Morgan fingerprint density at radius 1 is 1.08 bits per heavy atom. The van der Waals surface area contributed by atoms with Crippen molar-refractivity contribution in [2.45, 2.75) is 138 Å². The van der Waals surface area contributed by atoms with Crippen molar-refractivity contribution >= 4 is 56.3 Å². The fourth-order valence-electron chi connectivity index (χ4n) is 8.32. The van der Waals surface area contributed by atoms with Gasteiger partial charge in [-0.1, -0.05) is 36.6 Å². The van der Waals surface area contributed by atoms with Crippen LogP contribution in [0.4, 0.5) is 18.0 Å². The Kier molecular flexibility index (Phi) is 10.9. The van der Waals surface area contributed by atoms with Gasteiger partial charge in [-0.15, -0.1) is 0 Å². The number of amides is 4. The Hall–Kier alpha value is -4.32. The molecule has 4 amide bonds. The van der Waals surface area contributed by atoms with Gasteiger partial charge in [0, 0.05) is 29.4 Å². The number of nitrogens with zero attached hydrogens (tertiary/aromatic N) is 2. The van der Waals surface area contributed by atoms with E-state index in [0.717, 1.165) is 0 Å². The van der Waals surface area contributed by atoms with Gasteiger partial charge in [0.05, 0.1) is 28.9 Å². The molecule has 7 rings (SSSR count). The standard InChI is InChI=1S/C40H49ClF3N5O9S/c1-36(2,3)58-35(53)45-27-12-10-8-6-7-9-11-22-19-39(22,34(52)48-59(54,55)37(4)15-16-37)47-32(50)28-20-38(21-49(28)33(27)51)14-13-24-25-17-23(56-5)18-26(41)29(25)46-31(30(24)57-38)40(42,43)44/h9,11,17-18,22,27-28H,6-8,10,12-16,19-21H2,1-5H3,(H,45,53)(H,47,50)(H,48,52)/b11-9-/t22-,27+,28+,38-,39?/m1/s1. The SMILES string of the molecule is COc1cc(Cl)c2nc(C(F)(F)F)c3c(c2c1)CC[C@]1(C[C@H]2C(=O)NC4(C(=O)NS(=O)(=O)C5(C)CC5)C[C@H]4/C=C\CCCCC[C@H](NC(=O)OC(C)(C)C)C(=O)N2C1)O3. The molecule has 1 aromatic carbocycles. The fourth-order valence-corrected chi connectivity index (χ4v) is 9.89. The van der Waals surface area contributed by atoms with Crippen LogP contribution in [0.5, 0.6) is 11.5 Å². The number of methoxy groups -OCH3 is 1. The number of sulfonamides is 1. The number of benzene rings is 1. The van der Waals surface area contributed by atoms with Crippen molar-refractivity contribution in [3.05, 3.63) is 40.6 Å². The molecule has 5 atom stereocenters. The van der Waals surface area contributed by atoms with Gasteiger partial charge < -0.3 is 29.7 Å². The van der Waals surface area contributed by atoms with E-state index < -0.39 is 90.9 Å². The number of pyridine rings is 1. The smallest absolute Gasteiger partial charge is 0.437 e. The van der Waals surface area contributed by atoms with Crippen LogP contribution in [0.15, 0.2) is 24.3 Å². The molecule has 1 aromatic heterocycles. The molecule has 4 heterocycles. The van der Waals surface area contributed by atoms with Gasteiger partial charge in [0.25, 0.3) is 5.91 Å². The van der Waals surface area contributed by atoms with Gasteiger partial charge in [0.15, 0.2) is 11.4 Å². The lowest BCUT2D eigenvalue weighted by atomic mass is 9.87. The van der Waals surface area contributed by atoms with E-state index in [1.165, 1.54) is 31.1 Å². The summed E-state index contributed by atoms with van der Waals surface area (Å²) in [5, 5.41) is 5.66. The minimum atomic E-state index is -5.00. The summed E-state index contributed by atoms with van der Waals surface area (Å²) in [4.78, 5) is 61.5. The summed E-state index contributed by atoms with van der Waals surface area (Å²) >= 11 is 6.40. The van der Waals surface area contributed by atoms with Crippen LogP contribution in [-0.2, 0) is 41.7 Å². The number of nitrogens with one attached hydrogen (secondary N) is 3. The minimum absolute atomic E-state index is 0.00667. The molecule has 19 heteroatoms. The Labute approximate surface area is 345 Å². The number of aromatic nitrogens is 1. The zero-order valence-corrected chi connectivity index (χ0v) is 35.1. The Morgan fingerprint density at radius 3 is 2.47 bits per heavy atom. The van der Waals surface area contributed by atoms with Crippen LogP contribution in [0.1, 0.15) is 103 Å². The number of hydrogen-bond acceptors (Lipinski definition) is 10. The van der Waals surface area contributed by atoms with Crippen molar-refractivity contribution in [1.82, 2.24) is 25.2 Å². The largest absolute Gasteiger partial charge is 0.497 e. The molecule has 14 nitrogen and oxygen atoms in total. The number of alkyl carbamates (subject to hydrolysis) is 1. The van der Waals surface area contributed by atoms with Crippen LogP contribution in [0, 0.1) is 5.92 Å². The maximum absolute atomic E-state index is 14.8. The Bertz CT molecular complexity index is 2230. The van der Waals surface area contributed by atoms with Gasteiger partial charge >= 0.3 is 12.3 Å². The Balaban J connectivity index is 1.28. The third kappa shape index (κ3) is 8.40. The number of ether oxygens (including phenoxy) is 3. The van der Waals surface area contributed by atoms with E-state index in [1.54, 1.807) is 26.8 Å². The normalized spacial score (nSPS) is 28.8. The molecular weight excluding hydrogens is 819 g/mol. The molecule has 1 saturated heterocycles. The zero-order valence-electron chi connectivity index (χ0n) is 33.5. The molecule has 5 aliphatic rings. The molecule has 59 heavy (non-hydrogen) atoms. The lowest BCUT2D eigenvalue weighted by Gasteiger charge is -2.37. The van der Waals surface area contributed by atoms with Gasteiger partial charge in [0.2, 0.25) is 21.8 Å². The number of fused-ring (bicyclic) bond motifs is 5. The second kappa shape index (κ2) is 15.0. The highest BCUT2D eigenvalue weighted by Crippen LogP contribution is 2.51. The molecule has 1 spiro atoms. The highest BCUT2D eigenvalue weighted by Gasteiger charge is 2.64.